The lowest BCUT2D eigenvalue weighted by Gasteiger charge is -2.27. The fourth-order valence-corrected chi connectivity index (χ4v) is 4.62. The second-order valence-corrected chi connectivity index (χ2v) is 8.93. The van der Waals surface area contributed by atoms with Gasteiger partial charge in [0.05, 0.1) is 12.7 Å². The number of allylic oxidation sites excluding steroid dienone is 1. The van der Waals surface area contributed by atoms with Gasteiger partial charge in [-0.1, -0.05) is 54.2 Å². The van der Waals surface area contributed by atoms with E-state index in [1.165, 1.54) is 23.9 Å². The Labute approximate surface area is 203 Å². The van der Waals surface area contributed by atoms with Crippen LogP contribution in [0.5, 0.6) is 5.75 Å². The quantitative estimate of drug-likeness (QED) is 0.460. The number of hydrogen-bond acceptors (Lipinski definition) is 5. The lowest BCUT2D eigenvalue weighted by molar-refractivity contribution is -0.113. The number of amidine groups is 1. The van der Waals surface area contributed by atoms with Crippen molar-refractivity contribution in [3.63, 3.8) is 0 Å². The highest BCUT2D eigenvalue weighted by Crippen LogP contribution is 2.35. The van der Waals surface area contributed by atoms with Gasteiger partial charge in [-0.3, -0.25) is 4.79 Å². The molecule has 0 fully saturated rings. The molecule has 7 heteroatoms. The molecule has 3 aromatic carbocycles. The van der Waals surface area contributed by atoms with Crippen molar-refractivity contribution in [2.75, 3.05) is 12.4 Å². The van der Waals surface area contributed by atoms with E-state index in [4.69, 9.17) is 9.73 Å². The van der Waals surface area contributed by atoms with Crippen molar-refractivity contribution >= 4 is 28.5 Å². The number of para-hydroxylation sites is 1. The molecule has 1 heterocycles. The largest absolute Gasteiger partial charge is 0.496 e. The number of anilines is 1. The van der Waals surface area contributed by atoms with Gasteiger partial charge in [0, 0.05) is 17.1 Å². The predicted molar refractivity (Wildman–Crippen MR) is 137 cm³/mol. The first-order chi connectivity index (χ1) is 16.4. The second-order valence-electron chi connectivity index (χ2n) is 7.96. The zero-order valence-corrected chi connectivity index (χ0v) is 20.1. The number of thioether (sulfide) groups is 1. The number of halogens is 1. The minimum atomic E-state index is -0.504. The summed E-state index contributed by atoms with van der Waals surface area (Å²) in [5, 5.41) is 6.96. The van der Waals surface area contributed by atoms with Crippen LogP contribution in [0.4, 0.5) is 10.1 Å². The monoisotopic (exact) mass is 475 g/mol. The summed E-state index contributed by atoms with van der Waals surface area (Å²) in [7, 11) is 1.63. The molecule has 174 valence electrons. The van der Waals surface area contributed by atoms with E-state index in [2.05, 4.69) is 10.6 Å². The van der Waals surface area contributed by atoms with Crippen molar-refractivity contribution in [2.45, 2.75) is 25.6 Å². The first kappa shape index (κ1) is 23.6. The number of nitrogens with zero attached hydrogens (tertiary/aromatic N) is 1. The Balaban J connectivity index is 1.65. The zero-order valence-electron chi connectivity index (χ0n) is 19.3. The highest BCUT2D eigenvalue weighted by Gasteiger charge is 2.30. The molecule has 0 bridgehead atoms. The average molecular weight is 476 g/mol. The molecule has 0 aliphatic carbocycles. The summed E-state index contributed by atoms with van der Waals surface area (Å²) in [5.74, 6) is 0.886. The molecule has 4 rings (SSSR count). The minimum Gasteiger partial charge on any atom is -0.496 e. The molecule has 1 aliphatic rings. The molecular weight excluding hydrogens is 449 g/mol. The van der Waals surface area contributed by atoms with Crippen LogP contribution < -0.4 is 15.4 Å². The molecular formula is C27H26FN3O2S. The van der Waals surface area contributed by atoms with Crippen LogP contribution in [0, 0.1) is 12.7 Å². The van der Waals surface area contributed by atoms with Crippen molar-refractivity contribution in [3.8, 4) is 5.75 Å². The maximum atomic E-state index is 13.3. The third kappa shape index (κ3) is 5.48. The topological polar surface area (TPSA) is 62.7 Å². The van der Waals surface area contributed by atoms with Gasteiger partial charge >= 0.3 is 0 Å². The summed E-state index contributed by atoms with van der Waals surface area (Å²) in [6.45, 7) is 3.86. The van der Waals surface area contributed by atoms with Crippen LogP contribution in [0.25, 0.3) is 0 Å². The van der Waals surface area contributed by atoms with Crippen LogP contribution in [0.2, 0.25) is 0 Å². The van der Waals surface area contributed by atoms with E-state index in [9.17, 15) is 9.18 Å². The van der Waals surface area contributed by atoms with E-state index in [0.717, 1.165) is 28.1 Å². The van der Waals surface area contributed by atoms with E-state index in [1.54, 1.807) is 19.2 Å². The van der Waals surface area contributed by atoms with Crippen LogP contribution in [0.3, 0.4) is 0 Å². The average Bonchev–Trinajstić information content (AvgIpc) is 2.84. The Bertz CT molecular complexity index is 1240. The van der Waals surface area contributed by atoms with E-state index in [-0.39, 0.29) is 11.7 Å². The molecule has 2 N–H and O–H groups in total. The van der Waals surface area contributed by atoms with Gasteiger partial charge in [-0.2, -0.15) is 0 Å². The molecule has 1 amide bonds. The van der Waals surface area contributed by atoms with Crippen LogP contribution >= 0.6 is 11.8 Å². The SMILES string of the molecule is COc1cc([C@@H]2N=C(SCc3ccc(F)cc3)NC(C)=C2C(=O)Nc2ccccc2)ccc1C. The summed E-state index contributed by atoms with van der Waals surface area (Å²) >= 11 is 1.51. The summed E-state index contributed by atoms with van der Waals surface area (Å²) < 4.78 is 18.8. The third-order valence-electron chi connectivity index (χ3n) is 5.53. The molecule has 0 unspecified atom stereocenters. The first-order valence-electron chi connectivity index (χ1n) is 10.9. The zero-order chi connectivity index (χ0) is 24.1. The van der Waals surface area contributed by atoms with E-state index in [0.29, 0.717) is 22.2 Å². The number of hydrogen-bond donors (Lipinski definition) is 2. The molecule has 0 saturated heterocycles. The van der Waals surface area contributed by atoms with Gasteiger partial charge < -0.3 is 15.4 Å². The van der Waals surface area contributed by atoms with Crippen molar-refractivity contribution < 1.29 is 13.9 Å². The van der Waals surface area contributed by atoms with Crippen molar-refractivity contribution in [1.82, 2.24) is 5.32 Å². The lowest BCUT2D eigenvalue weighted by atomic mass is 9.94. The van der Waals surface area contributed by atoms with E-state index in [1.807, 2.05) is 62.4 Å². The standard InChI is InChI=1S/C27H26FN3O2S/c1-17-9-12-20(15-23(17)33-3)25-24(26(32)30-22-7-5-4-6-8-22)18(2)29-27(31-25)34-16-19-10-13-21(28)14-11-19/h4-15,25H,16H2,1-3H3,(H,29,31)(H,30,32)/t25-/m0/s1. The number of benzene rings is 3. The minimum absolute atomic E-state index is 0.216. The predicted octanol–water partition coefficient (Wildman–Crippen LogP) is 5.99. The Morgan fingerprint density at radius 1 is 1.09 bits per heavy atom. The van der Waals surface area contributed by atoms with E-state index >= 15 is 0 Å². The maximum Gasteiger partial charge on any atom is 0.255 e. The number of nitrogens with one attached hydrogen (secondary N) is 2. The number of aryl methyl sites for hydroxylation is 1. The van der Waals surface area contributed by atoms with Crippen LogP contribution in [0.15, 0.2) is 89.1 Å². The number of rotatable bonds is 6. The van der Waals surface area contributed by atoms with Gasteiger partial charge in [0.25, 0.3) is 5.91 Å². The van der Waals surface area contributed by atoms with E-state index < -0.39 is 6.04 Å². The second kappa shape index (κ2) is 10.6. The number of ether oxygens (including phenoxy) is 1. The normalized spacial score (nSPS) is 15.4. The molecule has 1 aliphatic heterocycles. The number of carbonyl (C=O) groups is 1. The molecule has 3 aromatic rings. The highest BCUT2D eigenvalue weighted by atomic mass is 32.2. The van der Waals surface area contributed by atoms with Gasteiger partial charge in [0.15, 0.2) is 5.17 Å². The summed E-state index contributed by atoms with van der Waals surface area (Å²) in [4.78, 5) is 18.3. The van der Waals surface area contributed by atoms with Crippen molar-refractivity contribution in [1.29, 1.82) is 0 Å². The Kier molecular flexibility index (Phi) is 7.33. The molecule has 5 nitrogen and oxygen atoms in total. The Morgan fingerprint density at radius 2 is 1.82 bits per heavy atom. The van der Waals surface area contributed by atoms with Gasteiger partial charge in [-0.25, -0.2) is 9.38 Å². The van der Waals surface area contributed by atoms with Crippen LogP contribution in [-0.2, 0) is 10.5 Å². The number of aliphatic imine (C=N–C) groups is 1. The Morgan fingerprint density at radius 3 is 2.53 bits per heavy atom. The van der Waals surface area contributed by atoms with Crippen molar-refractivity contribution in [2.24, 2.45) is 4.99 Å². The van der Waals surface area contributed by atoms with Gasteiger partial charge in [0.2, 0.25) is 0 Å². The molecule has 0 radical (unpaired) electrons. The number of methoxy groups -OCH3 is 1. The highest BCUT2D eigenvalue weighted by molar-refractivity contribution is 8.13. The smallest absolute Gasteiger partial charge is 0.255 e. The molecule has 1 atom stereocenters. The lowest BCUT2D eigenvalue weighted by Crippen LogP contribution is -2.32. The Hall–Kier alpha value is -3.58. The third-order valence-corrected chi connectivity index (χ3v) is 6.49. The van der Waals surface area contributed by atoms with Crippen LogP contribution in [-0.4, -0.2) is 18.2 Å². The van der Waals surface area contributed by atoms with Crippen molar-refractivity contribution in [3.05, 3.63) is 107 Å². The van der Waals surface area contributed by atoms with Gasteiger partial charge in [-0.15, -0.1) is 0 Å². The summed E-state index contributed by atoms with van der Waals surface area (Å²) in [6.07, 6.45) is 0. The summed E-state index contributed by atoms with van der Waals surface area (Å²) in [5.41, 5.74) is 4.84. The van der Waals surface area contributed by atoms with Gasteiger partial charge in [0.1, 0.15) is 17.6 Å². The molecule has 34 heavy (non-hydrogen) atoms. The van der Waals surface area contributed by atoms with Gasteiger partial charge in [-0.05, 0) is 60.9 Å². The molecule has 0 saturated carbocycles. The maximum absolute atomic E-state index is 13.3. The number of carbonyl (C=O) groups excluding carboxylic acids is 1. The fraction of sp³-hybridized carbons (Fsp3) is 0.185. The van der Waals surface area contributed by atoms with Crippen LogP contribution in [0.1, 0.15) is 29.7 Å². The first-order valence-corrected chi connectivity index (χ1v) is 11.9. The fourth-order valence-electron chi connectivity index (χ4n) is 3.71. The number of amides is 1. The molecule has 0 spiro atoms. The summed E-state index contributed by atoms with van der Waals surface area (Å²) in [6, 6.07) is 21.1. The molecule has 0 aromatic heterocycles.